The molecule has 1 N–H and O–H groups in total. The number of hydrogen-bond donors (Lipinski definition) is 1. The average molecular weight is 223 g/mol. The molecule has 2 heteroatoms. The summed E-state index contributed by atoms with van der Waals surface area (Å²) in [5, 5.41) is 0. The number of benzene rings is 1. The van der Waals surface area contributed by atoms with Gasteiger partial charge < -0.3 is 0 Å². The van der Waals surface area contributed by atoms with Crippen molar-refractivity contribution >= 4 is 11.9 Å². The van der Waals surface area contributed by atoms with E-state index >= 15 is 0 Å². The zero-order chi connectivity index (χ0) is 11.5. The van der Waals surface area contributed by atoms with E-state index in [1.165, 1.54) is 10.5 Å². The molecule has 0 atom stereocenters. The molecule has 0 aromatic heterocycles. The largest absolute Gasteiger partial charge is 0.255 e. The lowest BCUT2D eigenvalue weighted by atomic mass is 10.0. The molecule has 1 aromatic rings. The van der Waals surface area contributed by atoms with Gasteiger partial charge in [-0.2, -0.15) is 0 Å². The van der Waals surface area contributed by atoms with Crippen molar-refractivity contribution in [3.05, 3.63) is 29.8 Å². The van der Waals surface area contributed by atoms with Crippen molar-refractivity contribution in [2.75, 3.05) is 0 Å². The lowest BCUT2D eigenvalue weighted by Gasteiger charge is -2.19. The van der Waals surface area contributed by atoms with Crippen LogP contribution >= 0.6 is 11.9 Å². The molecule has 0 aliphatic carbocycles. The van der Waals surface area contributed by atoms with Gasteiger partial charge in [0.05, 0.1) is 0 Å². The minimum atomic E-state index is 0.151. The van der Waals surface area contributed by atoms with Crippen LogP contribution in [0.25, 0.3) is 0 Å². The Morgan fingerprint density at radius 1 is 1.20 bits per heavy atom. The molecule has 0 aliphatic rings. The third kappa shape index (κ3) is 4.72. The van der Waals surface area contributed by atoms with E-state index in [4.69, 9.17) is 0 Å². The predicted octanol–water partition coefficient (Wildman–Crippen LogP) is 4.21. The van der Waals surface area contributed by atoms with Gasteiger partial charge in [0, 0.05) is 10.4 Å². The van der Waals surface area contributed by atoms with E-state index in [1.54, 1.807) is 11.9 Å². The Balaban J connectivity index is 2.66. The van der Waals surface area contributed by atoms with E-state index in [1.807, 2.05) is 0 Å². The fourth-order valence-corrected chi connectivity index (χ4v) is 1.91. The zero-order valence-corrected chi connectivity index (χ0v) is 11.1. The maximum Gasteiger partial charge on any atom is 0.0231 e. The summed E-state index contributed by atoms with van der Waals surface area (Å²) < 4.78 is 3.42. The van der Waals surface area contributed by atoms with Crippen LogP contribution in [-0.2, 0) is 0 Å². The second-order valence-corrected chi connectivity index (χ2v) is 6.06. The highest BCUT2D eigenvalue weighted by Crippen LogP contribution is 2.22. The smallest absolute Gasteiger partial charge is 0.0231 e. The Kier molecular flexibility index (Phi) is 4.23. The maximum atomic E-state index is 3.42. The highest BCUT2D eigenvalue weighted by atomic mass is 32.2. The molecule has 0 saturated carbocycles. The molecular weight excluding hydrogens is 202 g/mol. The molecule has 0 saturated heterocycles. The SMILES string of the molecule is CC(C)c1cccc(SNC(C)(C)C)c1. The van der Waals surface area contributed by atoms with Crippen molar-refractivity contribution in [3.63, 3.8) is 0 Å². The summed E-state index contributed by atoms with van der Waals surface area (Å²) in [7, 11) is 0. The second kappa shape index (κ2) is 5.04. The van der Waals surface area contributed by atoms with Crippen LogP contribution in [0.4, 0.5) is 0 Å². The summed E-state index contributed by atoms with van der Waals surface area (Å²) in [6, 6.07) is 8.72. The summed E-state index contributed by atoms with van der Waals surface area (Å²) in [5.74, 6) is 0.597. The van der Waals surface area contributed by atoms with Gasteiger partial charge in [-0.1, -0.05) is 26.0 Å². The van der Waals surface area contributed by atoms with Crippen LogP contribution in [0.3, 0.4) is 0 Å². The summed E-state index contributed by atoms with van der Waals surface area (Å²) in [6.07, 6.45) is 0. The monoisotopic (exact) mass is 223 g/mol. The first-order valence-corrected chi connectivity index (χ1v) is 6.24. The molecule has 0 heterocycles. The Labute approximate surface area is 97.8 Å². The number of rotatable bonds is 3. The number of hydrogen-bond acceptors (Lipinski definition) is 2. The molecule has 1 aromatic carbocycles. The van der Waals surface area contributed by atoms with Gasteiger partial charge in [-0.05, 0) is 56.3 Å². The molecule has 0 unspecified atom stereocenters. The van der Waals surface area contributed by atoms with Gasteiger partial charge in [0.1, 0.15) is 0 Å². The van der Waals surface area contributed by atoms with Crippen LogP contribution in [0.15, 0.2) is 29.2 Å². The normalized spacial score (nSPS) is 12.1. The van der Waals surface area contributed by atoms with Crippen LogP contribution < -0.4 is 4.72 Å². The highest BCUT2D eigenvalue weighted by molar-refractivity contribution is 7.97. The quantitative estimate of drug-likeness (QED) is 0.771. The molecule has 0 fully saturated rings. The van der Waals surface area contributed by atoms with Crippen molar-refractivity contribution in [1.29, 1.82) is 0 Å². The van der Waals surface area contributed by atoms with E-state index in [0.717, 1.165) is 0 Å². The maximum absolute atomic E-state index is 3.42. The van der Waals surface area contributed by atoms with Gasteiger partial charge in [0.2, 0.25) is 0 Å². The first-order valence-electron chi connectivity index (χ1n) is 5.42. The lowest BCUT2D eigenvalue weighted by Crippen LogP contribution is -2.29. The summed E-state index contributed by atoms with van der Waals surface area (Å²) >= 11 is 1.71. The van der Waals surface area contributed by atoms with Gasteiger partial charge >= 0.3 is 0 Å². The molecule has 1 nitrogen and oxygen atoms in total. The van der Waals surface area contributed by atoms with Crippen molar-refractivity contribution in [2.45, 2.75) is 51.0 Å². The standard InChI is InChI=1S/C13H21NS/c1-10(2)11-7-6-8-12(9-11)15-14-13(3,4)5/h6-10,14H,1-5H3. The van der Waals surface area contributed by atoms with Gasteiger partial charge in [0.25, 0.3) is 0 Å². The summed E-state index contributed by atoms with van der Waals surface area (Å²) in [6.45, 7) is 11.0. The van der Waals surface area contributed by atoms with Crippen molar-refractivity contribution in [3.8, 4) is 0 Å². The third-order valence-electron chi connectivity index (χ3n) is 2.00. The molecule has 0 spiro atoms. The Hall–Kier alpha value is -0.470. The third-order valence-corrected chi connectivity index (χ3v) is 3.20. The van der Waals surface area contributed by atoms with Crippen LogP contribution in [-0.4, -0.2) is 5.54 Å². The fourth-order valence-electron chi connectivity index (χ4n) is 1.15. The van der Waals surface area contributed by atoms with E-state index in [2.05, 4.69) is 63.6 Å². The molecule has 0 radical (unpaired) electrons. The first kappa shape index (κ1) is 12.6. The minimum Gasteiger partial charge on any atom is -0.255 e. The predicted molar refractivity (Wildman–Crippen MR) is 69.3 cm³/mol. The van der Waals surface area contributed by atoms with E-state index < -0.39 is 0 Å². The summed E-state index contributed by atoms with van der Waals surface area (Å²) in [4.78, 5) is 1.29. The zero-order valence-electron chi connectivity index (χ0n) is 10.3. The van der Waals surface area contributed by atoms with Crippen LogP contribution in [0.2, 0.25) is 0 Å². The van der Waals surface area contributed by atoms with Gasteiger partial charge in [0.15, 0.2) is 0 Å². The van der Waals surface area contributed by atoms with E-state index in [9.17, 15) is 0 Å². The molecule has 0 bridgehead atoms. The Morgan fingerprint density at radius 2 is 1.87 bits per heavy atom. The molecule has 0 amide bonds. The molecule has 0 aliphatic heterocycles. The minimum absolute atomic E-state index is 0.151. The number of nitrogens with one attached hydrogen (secondary N) is 1. The van der Waals surface area contributed by atoms with Crippen molar-refractivity contribution < 1.29 is 0 Å². The topological polar surface area (TPSA) is 12.0 Å². The average Bonchev–Trinajstić information content (AvgIpc) is 2.14. The fraction of sp³-hybridized carbons (Fsp3) is 0.538. The van der Waals surface area contributed by atoms with Gasteiger partial charge in [-0.15, -0.1) is 0 Å². The van der Waals surface area contributed by atoms with Crippen molar-refractivity contribution in [2.24, 2.45) is 0 Å². The van der Waals surface area contributed by atoms with E-state index in [0.29, 0.717) is 5.92 Å². The van der Waals surface area contributed by atoms with Crippen molar-refractivity contribution in [1.82, 2.24) is 4.72 Å². The van der Waals surface area contributed by atoms with Gasteiger partial charge in [-0.3, -0.25) is 4.72 Å². The van der Waals surface area contributed by atoms with E-state index in [-0.39, 0.29) is 5.54 Å². The Bertz CT molecular complexity index is 313. The first-order chi connectivity index (χ1) is 6.88. The second-order valence-electron chi connectivity index (χ2n) is 5.18. The summed E-state index contributed by atoms with van der Waals surface area (Å²) in [5.41, 5.74) is 1.55. The van der Waals surface area contributed by atoms with Gasteiger partial charge in [-0.25, -0.2) is 0 Å². The molecular formula is C13H21NS. The lowest BCUT2D eigenvalue weighted by molar-refractivity contribution is 0.535. The van der Waals surface area contributed by atoms with Crippen LogP contribution in [0, 0.1) is 0 Å². The van der Waals surface area contributed by atoms with Crippen LogP contribution in [0.1, 0.15) is 46.1 Å². The molecule has 15 heavy (non-hydrogen) atoms. The molecule has 84 valence electrons. The highest BCUT2D eigenvalue weighted by Gasteiger charge is 2.09. The molecule has 1 rings (SSSR count). The van der Waals surface area contributed by atoms with Crippen LogP contribution in [0.5, 0.6) is 0 Å². The Morgan fingerprint density at radius 3 is 2.40 bits per heavy atom.